The van der Waals surface area contributed by atoms with E-state index < -0.39 is 11.4 Å². The molecule has 0 amide bonds. The van der Waals surface area contributed by atoms with Crippen molar-refractivity contribution in [1.29, 1.82) is 0 Å². The number of carbonyl (C=O) groups is 2. The molecule has 216 valence electrons. The number of carboxylic acids is 1. The van der Waals surface area contributed by atoms with E-state index in [0.29, 0.717) is 36.5 Å². The van der Waals surface area contributed by atoms with Gasteiger partial charge in [0.25, 0.3) is 0 Å². The highest BCUT2D eigenvalue weighted by Crippen LogP contribution is 2.77. The van der Waals surface area contributed by atoms with Crippen LogP contribution in [0.15, 0.2) is 12.2 Å². The fourth-order valence-corrected chi connectivity index (χ4v) is 12.1. The minimum atomic E-state index is -0.568. The Balaban J connectivity index is 1.46. The van der Waals surface area contributed by atoms with Crippen LogP contribution in [0.1, 0.15) is 119 Å². The molecule has 4 heteroatoms. The van der Waals surface area contributed by atoms with Crippen molar-refractivity contribution in [2.75, 3.05) is 0 Å². The van der Waals surface area contributed by atoms with E-state index in [1.165, 1.54) is 18.4 Å². The van der Waals surface area contributed by atoms with E-state index >= 15 is 0 Å². The summed E-state index contributed by atoms with van der Waals surface area (Å²) in [5.41, 5.74) is 1.04. The zero-order valence-electron chi connectivity index (χ0n) is 25.4. The second-order valence-corrected chi connectivity index (χ2v) is 15.7. The molecular formula is C35H52O4. The van der Waals surface area contributed by atoms with Crippen molar-refractivity contribution in [3.05, 3.63) is 12.2 Å². The fourth-order valence-electron chi connectivity index (χ4n) is 12.1. The fraction of sp³-hybridized carbons (Fsp3) is 0.829. The van der Waals surface area contributed by atoms with Gasteiger partial charge in [-0.15, -0.1) is 12.3 Å². The molecule has 5 saturated carbocycles. The van der Waals surface area contributed by atoms with Crippen LogP contribution in [0.25, 0.3) is 0 Å². The number of aliphatic carboxylic acids is 1. The van der Waals surface area contributed by atoms with Gasteiger partial charge >= 0.3 is 11.9 Å². The number of hydrogen-bond acceptors (Lipinski definition) is 3. The summed E-state index contributed by atoms with van der Waals surface area (Å²) in [6.45, 7) is 18.9. The standard InChI is InChI=1S/C35H52O4/c1-9-10-11-28(36)39-27-16-17-32(6)25(31(27,4)5)15-18-34(8)26(32)13-12-24-29-23(22(2)3)14-19-35(29,30(37)38)21-20-33(24,34)7/h1,23-27,29H,2,10-21H2,3-8H3,(H,37,38)/t23-,24+,25-,26+,27-,29+,32-,33+,34+,35-/m0/s1. The van der Waals surface area contributed by atoms with E-state index in [4.69, 9.17) is 11.2 Å². The topological polar surface area (TPSA) is 63.6 Å². The van der Waals surface area contributed by atoms with Gasteiger partial charge in [-0.3, -0.25) is 9.59 Å². The molecule has 0 aromatic heterocycles. The molecule has 5 aliphatic rings. The Morgan fingerprint density at radius 2 is 1.64 bits per heavy atom. The molecule has 5 aliphatic carbocycles. The summed E-state index contributed by atoms with van der Waals surface area (Å²) >= 11 is 0. The Kier molecular flexibility index (Phi) is 6.92. The van der Waals surface area contributed by atoms with Crippen molar-refractivity contribution in [3.63, 3.8) is 0 Å². The summed E-state index contributed by atoms with van der Waals surface area (Å²) in [5, 5.41) is 10.6. The maximum atomic E-state index is 12.9. The molecule has 0 unspecified atom stereocenters. The van der Waals surface area contributed by atoms with Gasteiger partial charge in [-0.05, 0) is 117 Å². The van der Waals surface area contributed by atoms with Crippen LogP contribution in [-0.2, 0) is 14.3 Å². The third-order valence-corrected chi connectivity index (χ3v) is 14.2. The quantitative estimate of drug-likeness (QED) is 0.219. The first kappa shape index (κ1) is 28.8. The lowest BCUT2D eigenvalue weighted by molar-refractivity contribution is -0.250. The molecule has 10 atom stereocenters. The molecule has 1 N–H and O–H groups in total. The summed E-state index contributed by atoms with van der Waals surface area (Å²) in [6, 6.07) is 0. The highest BCUT2D eigenvalue weighted by Gasteiger charge is 2.72. The third kappa shape index (κ3) is 3.84. The van der Waals surface area contributed by atoms with Crippen molar-refractivity contribution in [1.82, 2.24) is 0 Å². The Morgan fingerprint density at radius 3 is 2.28 bits per heavy atom. The van der Waals surface area contributed by atoms with Crippen LogP contribution in [0.4, 0.5) is 0 Å². The molecule has 0 aromatic carbocycles. The summed E-state index contributed by atoms with van der Waals surface area (Å²) in [7, 11) is 0. The highest BCUT2D eigenvalue weighted by molar-refractivity contribution is 5.76. The van der Waals surface area contributed by atoms with E-state index in [-0.39, 0.29) is 39.7 Å². The average molecular weight is 537 g/mol. The van der Waals surface area contributed by atoms with Crippen molar-refractivity contribution in [3.8, 4) is 12.3 Å². The second-order valence-electron chi connectivity index (χ2n) is 15.7. The number of ether oxygens (including phenoxy) is 1. The predicted molar refractivity (Wildman–Crippen MR) is 155 cm³/mol. The highest BCUT2D eigenvalue weighted by atomic mass is 16.5. The van der Waals surface area contributed by atoms with Crippen molar-refractivity contribution >= 4 is 11.9 Å². The first-order chi connectivity index (χ1) is 18.2. The van der Waals surface area contributed by atoms with Gasteiger partial charge in [-0.2, -0.15) is 0 Å². The number of hydrogen-bond donors (Lipinski definition) is 1. The minimum absolute atomic E-state index is 0.0576. The van der Waals surface area contributed by atoms with Crippen molar-refractivity contribution in [2.45, 2.75) is 125 Å². The van der Waals surface area contributed by atoms with Gasteiger partial charge in [-0.25, -0.2) is 0 Å². The summed E-state index contributed by atoms with van der Waals surface area (Å²) in [5.74, 6) is 3.93. The molecule has 0 aromatic rings. The van der Waals surface area contributed by atoms with E-state index in [0.717, 1.165) is 51.4 Å². The Labute approximate surface area is 237 Å². The van der Waals surface area contributed by atoms with Crippen LogP contribution in [0.2, 0.25) is 0 Å². The number of fused-ring (bicyclic) bond motifs is 7. The van der Waals surface area contributed by atoms with Crippen LogP contribution >= 0.6 is 0 Å². The normalized spacial score (nSPS) is 47.9. The lowest BCUT2D eigenvalue weighted by Gasteiger charge is -2.72. The molecule has 0 radical (unpaired) electrons. The predicted octanol–water partition coefficient (Wildman–Crippen LogP) is 8.05. The van der Waals surface area contributed by atoms with Crippen LogP contribution in [-0.4, -0.2) is 23.1 Å². The van der Waals surface area contributed by atoms with Crippen LogP contribution < -0.4 is 0 Å². The molecule has 5 rings (SSSR count). The zero-order chi connectivity index (χ0) is 28.6. The third-order valence-electron chi connectivity index (χ3n) is 14.2. The Hall–Kier alpha value is -1.76. The number of esters is 1. The second kappa shape index (κ2) is 9.39. The van der Waals surface area contributed by atoms with Gasteiger partial charge in [0.1, 0.15) is 6.10 Å². The van der Waals surface area contributed by atoms with Gasteiger partial charge < -0.3 is 9.84 Å². The maximum absolute atomic E-state index is 12.9. The number of terminal acetylenes is 1. The van der Waals surface area contributed by atoms with Crippen LogP contribution in [0.3, 0.4) is 0 Å². The molecule has 0 heterocycles. The van der Waals surface area contributed by atoms with Gasteiger partial charge in [0.2, 0.25) is 0 Å². The molecule has 0 spiro atoms. The molecule has 0 saturated heterocycles. The number of carbonyl (C=O) groups excluding carboxylic acids is 1. The first-order valence-corrected chi connectivity index (χ1v) is 15.7. The number of carboxylic acid groups (broad SMARTS) is 1. The Morgan fingerprint density at radius 1 is 0.923 bits per heavy atom. The molecule has 0 bridgehead atoms. The monoisotopic (exact) mass is 536 g/mol. The molecule has 4 nitrogen and oxygen atoms in total. The smallest absolute Gasteiger partial charge is 0.309 e. The molecule has 0 aliphatic heterocycles. The molecule has 5 fully saturated rings. The lowest BCUT2D eigenvalue weighted by atomic mass is 9.32. The molecule has 39 heavy (non-hydrogen) atoms. The van der Waals surface area contributed by atoms with Gasteiger partial charge in [0, 0.05) is 11.8 Å². The first-order valence-electron chi connectivity index (χ1n) is 15.7. The summed E-state index contributed by atoms with van der Waals surface area (Å²) in [6.07, 6.45) is 16.3. The van der Waals surface area contributed by atoms with E-state index in [9.17, 15) is 14.7 Å². The van der Waals surface area contributed by atoms with Crippen molar-refractivity contribution < 1.29 is 19.4 Å². The van der Waals surface area contributed by atoms with E-state index in [1.807, 2.05) is 0 Å². The molecular weight excluding hydrogens is 484 g/mol. The summed E-state index contributed by atoms with van der Waals surface area (Å²) < 4.78 is 6.09. The Bertz CT molecular complexity index is 1080. The largest absolute Gasteiger partial charge is 0.481 e. The van der Waals surface area contributed by atoms with Gasteiger partial charge in [0.05, 0.1) is 11.8 Å². The zero-order valence-corrected chi connectivity index (χ0v) is 25.4. The number of rotatable bonds is 5. The van der Waals surface area contributed by atoms with Gasteiger partial charge in [0.15, 0.2) is 0 Å². The van der Waals surface area contributed by atoms with E-state index in [2.05, 4.69) is 54.0 Å². The maximum Gasteiger partial charge on any atom is 0.309 e. The summed E-state index contributed by atoms with van der Waals surface area (Å²) in [4.78, 5) is 25.4. The SMILES string of the molecule is C#CCCC(=O)O[C@H]1CC[C@]2(C)[C@H]3CC[C@@H]4[C@H]5[C@H](C(=C)C)CC[C@]5(C(=O)O)CC[C@@]4(C)[C@]3(C)CC[C@H]2C1(C)C. The minimum Gasteiger partial charge on any atom is -0.481 e. The van der Waals surface area contributed by atoms with Gasteiger partial charge in [-0.1, -0.05) is 46.8 Å². The van der Waals surface area contributed by atoms with E-state index in [1.54, 1.807) is 0 Å². The lowest BCUT2D eigenvalue weighted by Crippen LogP contribution is -2.67. The van der Waals surface area contributed by atoms with Crippen LogP contribution in [0, 0.1) is 69.0 Å². The number of allylic oxidation sites excluding steroid dienone is 1. The van der Waals surface area contributed by atoms with Crippen molar-refractivity contribution in [2.24, 2.45) is 56.7 Å². The van der Waals surface area contributed by atoms with Crippen LogP contribution in [0.5, 0.6) is 0 Å². The average Bonchev–Trinajstić information content (AvgIpc) is 3.26.